The Morgan fingerprint density at radius 3 is 2.62 bits per heavy atom. The maximum Gasteiger partial charge on any atom is 0.225 e. The van der Waals surface area contributed by atoms with Crippen LogP contribution in [0.15, 0.2) is 18.2 Å². The van der Waals surface area contributed by atoms with Gasteiger partial charge in [0.15, 0.2) is 0 Å². The Bertz CT molecular complexity index is 521. The van der Waals surface area contributed by atoms with Crippen LogP contribution >= 0.6 is 23.2 Å². The maximum atomic E-state index is 11.9. The molecule has 114 valence electrons. The van der Waals surface area contributed by atoms with Gasteiger partial charge in [-0.15, -0.1) is 0 Å². The number of rotatable bonds is 4. The third kappa shape index (κ3) is 4.59. The zero-order valence-electron chi connectivity index (χ0n) is 11.2. The molecule has 0 bridgehead atoms. The summed E-state index contributed by atoms with van der Waals surface area (Å²) >= 11 is 11.7. The fourth-order valence-corrected chi connectivity index (χ4v) is 2.73. The van der Waals surface area contributed by atoms with E-state index in [4.69, 9.17) is 23.2 Å². The first kappa shape index (κ1) is 16.1. The van der Waals surface area contributed by atoms with Crippen LogP contribution in [-0.4, -0.2) is 30.0 Å². The number of benzene rings is 1. The summed E-state index contributed by atoms with van der Waals surface area (Å²) < 4.78 is 0. The molecule has 0 saturated carbocycles. The van der Waals surface area contributed by atoms with E-state index in [0.717, 1.165) is 0 Å². The van der Waals surface area contributed by atoms with Gasteiger partial charge in [0.2, 0.25) is 11.8 Å². The molecule has 0 spiro atoms. The zero-order valence-corrected chi connectivity index (χ0v) is 12.7. The molecule has 1 heterocycles. The van der Waals surface area contributed by atoms with Gasteiger partial charge in [0.25, 0.3) is 0 Å². The predicted octanol–water partition coefficient (Wildman–Crippen LogP) is 1.67. The van der Waals surface area contributed by atoms with E-state index in [0.29, 0.717) is 35.0 Å². The maximum absolute atomic E-state index is 11.9. The summed E-state index contributed by atoms with van der Waals surface area (Å²) in [4.78, 5) is 23.0. The molecule has 7 heteroatoms. The third-order valence-electron chi connectivity index (χ3n) is 3.38. The number of aliphatic hydroxyl groups excluding tert-OH is 1. The molecule has 5 nitrogen and oxygen atoms in total. The summed E-state index contributed by atoms with van der Waals surface area (Å²) in [5.41, 5.74) is 0.546. The molecule has 2 unspecified atom stereocenters. The average Bonchev–Trinajstić information content (AvgIpc) is 2.44. The lowest BCUT2D eigenvalue weighted by Gasteiger charge is -2.22. The highest BCUT2D eigenvalue weighted by Crippen LogP contribution is 2.23. The van der Waals surface area contributed by atoms with Crippen molar-refractivity contribution in [1.82, 2.24) is 10.6 Å². The molecule has 2 amide bonds. The van der Waals surface area contributed by atoms with Crippen molar-refractivity contribution < 1.29 is 14.7 Å². The monoisotopic (exact) mass is 330 g/mol. The van der Waals surface area contributed by atoms with Gasteiger partial charge in [0, 0.05) is 29.6 Å². The molecule has 0 aromatic heterocycles. The molecule has 1 aliphatic heterocycles. The number of amides is 2. The van der Waals surface area contributed by atoms with Crippen molar-refractivity contribution in [2.75, 3.05) is 13.1 Å². The second-order valence-electron chi connectivity index (χ2n) is 5.00. The summed E-state index contributed by atoms with van der Waals surface area (Å²) in [6, 6.07) is 4.78. The van der Waals surface area contributed by atoms with E-state index in [2.05, 4.69) is 10.6 Å². The fraction of sp³-hybridized carbons (Fsp3) is 0.429. The van der Waals surface area contributed by atoms with Gasteiger partial charge < -0.3 is 15.7 Å². The number of carbonyl (C=O) groups is 2. The third-order valence-corrected chi connectivity index (χ3v) is 3.81. The van der Waals surface area contributed by atoms with Crippen LogP contribution in [0, 0.1) is 5.92 Å². The van der Waals surface area contributed by atoms with Gasteiger partial charge in [0.1, 0.15) is 0 Å². The minimum atomic E-state index is -0.886. The first-order valence-electron chi connectivity index (χ1n) is 6.64. The Morgan fingerprint density at radius 1 is 1.38 bits per heavy atom. The number of carbonyl (C=O) groups excluding carboxylic acids is 2. The quantitative estimate of drug-likeness (QED) is 0.785. The summed E-state index contributed by atoms with van der Waals surface area (Å²) in [5, 5.41) is 16.2. The van der Waals surface area contributed by atoms with Crippen LogP contribution in [0.2, 0.25) is 10.0 Å². The van der Waals surface area contributed by atoms with E-state index in [9.17, 15) is 14.7 Å². The topological polar surface area (TPSA) is 78.4 Å². The largest absolute Gasteiger partial charge is 0.387 e. The molecule has 1 aromatic rings. The molecular weight excluding hydrogens is 315 g/mol. The van der Waals surface area contributed by atoms with Gasteiger partial charge in [-0.1, -0.05) is 23.2 Å². The Kier molecular flexibility index (Phi) is 5.45. The van der Waals surface area contributed by atoms with Crippen molar-refractivity contribution in [3.8, 4) is 0 Å². The lowest BCUT2D eigenvalue weighted by atomic mass is 9.98. The van der Waals surface area contributed by atoms with Gasteiger partial charge in [-0.25, -0.2) is 0 Å². The molecule has 21 heavy (non-hydrogen) atoms. The molecular formula is C14H16Cl2N2O3. The van der Waals surface area contributed by atoms with E-state index in [-0.39, 0.29) is 24.3 Å². The molecule has 3 N–H and O–H groups in total. The second-order valence-corrected chi connectivity index (χ2v) is 5.88. The lowest BCUT2D eigenvalue weighted by Crippen LogP contribution is -2.43. The number of nitrogens with one attached hydrogen (secondary N) is 2. The summed E-state index contributed by atoms with van der Waals surface area (Å²) in [7, 11) is 0. The molecule has 1 saturated heterocycles. The van der Waals surface area contributed by atoms with Crippen molar-refractivity contribution in [2.45, 2.75) is 18.9 Å². The smallest absolute Gasteiger partial charge is 0.225 e. The highest BCUT2D eigenvalue weighted by Gasteiger charge is 2.24. The standard InChI is InChI=1S/C14H16Cl2N2O3/c15-10-3-9(4-11(16)5-10)12(19)7-18-14(21)8-1-2-13(20)17-6-8/h3-5,8,12,19H,1-2,6-7H2,(H,17,20)(H,18,21). The normalized spacial score (nSPS) is 19.8. The van der Waals surface area contributed by atoms with Gasteiger partial charge in [-0.05, 0) is 30.2 Å². The highest BCUT2D eigenvalue weighted by atomic mass is 35.5. The van der Waals surface area contributed by atoms with Crippen LogP contribution in [0.3, 0.4) is 0 Å². The van der Waals surface area contributed by atoms with Crippen molar-refractivity contribution in [1.29, 1.82) is 0 Å². The van der Waals surface area contributed by atoms with Crippen LogP contribution in [-0.2, 0) is 9.59 Å². The zero-order chi connectivity index (χ0) is 15.4. The minimum absolute atomic E-state index is 0.0346. The van der Waals surface area contributed by atoms with Gasteiger partial charge in [-0.2, -0.15) is 0 Å². The Balaban J connectivity index is 1.87. The van der Waals surface area contributed by atoms with Crippen LogP contribution in [0.1, 0.15) is 24.5 Å². The summed E-state index contributed by atoms with van der Waals surface area (Å²) in [6.45, 7) is 0.406. The number of hydrogen-bond donors (Lipinski definition) is 3. The van der Waals surface area contributed by atoms with Crippen LogP contribution < -0.4 is 10.6 Å². The van der Waals surface area contributed by atoms with E-state index in [1.165, 1.54) is 0 Å². The summed E-state index contributed by atoms with van der Waals surface area (Å²) in [6.07, 6.45) is -0.00952. The Morgan fingerprint density at radius 2 is 2.05 bits per heavy atom. The van der Waals surface area contributed by atoms with E-state index < -0.39 is 6.10 Å². The molecule has 0 radical (unpaired) electrons. The number of aliphatic hydroxyl groups is 1. The number of halogens is 2. The predicted molar refractivity (Wildman–Crippen MR) is 80.2 cm³/mol. The van der Waals surface area contributed by atoms with Crippen molar-refractivity contribution >= 4 is 35.0 Å². The highest BCUT2D eigenvalue weighted by molar-refractivity contribution is 6.34. The average molecular weight is 331 g/mol. The van der Waals surface area contributed by atoms with E-state index >= 15 is 0 Å². The first-order valence-corrected chi connectivity index (χ1v) is 7.40. The van der Waals surface area contributed by atoms with Crippen molar-refractivity contribution in [3.05, 3.63) is 33.8 Å². The molecule has 2 rings (SSSR count). The van der Waals surface area contributed by atoms with Crippen LogP contribution in [0.5, 0.6) is 0 Å². The molecule has 1 fully saturated rings. The fourth-order valence-electron chi connectivity index (χ4n) is 2.18. The number of piperidine rings is 1. The molecule has 2 atom stereocenters. The van der Waals surface area contributed by atoms with Crippen molar-refractivity contribution in [2.24, 2.45) is 5.92 Å². The van der Waals surface area contributed by atoms with Crippen molar-refractivity contribution in [3.63, 3.8) is 0 Å². The second kappa shape index (κ2) is 7.11. The van der Waals surface area contributed by atoms with Gasteiger partial charge in [0.05, 0.1) is 12.0 Å². The SMILES string of the molecule is O=C1CCC(C(=O)NCC(O)c2cc(Cl)cc(Cl)c2)CN1. The van der Waals surface area contributed by atoms with Crippen LogP contribution in [0.4, 0.5) is 0 Å². The molecule has 1 aliphatic rings. The van der Waals surface area contributed by atoms with Gasteiger partial charge in [-0.3, -0.25) is 9.59 Å². The minimum Gasteiger partial charge on any atom is -0.387 e. The molecule has 1 aromatic carbocycles. The van der Waals surface area contributed by atoms with E-state index in [1.54, 1.807) is 18.2 Å². The first-order chi connectivity index (χ1) is 9.95. The Labute approximate surface area is 132 Å². The lowest BCUT2D eigenvalue weighted by molar-refractivity contribution is -0.129. The van der Waals surface area contributed by atoms with Crippen LogP contribution in [0.25, 0.3) is 0 Å². The van der Waals surface area contributed by atoms with E-state index in [1.807, 2.05) is 0 Å². The molecule has 0 aliphatic carbocycles. The Hall–Kier alpha value is -1.30. The van der Waals surface area contributed by atoms with Gasteiger partial charge >= 0.3 is 0 Å². The summed E-state index contributed by atoms with van der Waals surface area (Å²) in [5.74, 6) is -0.465. The number of hydrogen-bond acceptors (Lipinski definition) is 3.